The standard InChI is InChI=1S/C11H10F2N4O3/c1-20-9-6(13)3-2-5(12)8(9)10(18)14-4-7-15-11(19)17-16-7/h2-3H,4H2,1H3,(H,14,18)(H2,15,16,17,19). The number of ether oxygens (including phenoxy) is 1. The van der Waals surface area contributed by atoms with Gasteiger partial charge in [-0.1, -0.05) is 0 Å². The molecule has 1 heterocycles. The third-order valence-electron chi connectivity index (χ3n) is 2.46. The monoisotopic (exact) mass is 284 g/mol. The fourth-order valence-electron chi connectivity index (χ4n) is 1.59. The van der Waals surface area contributed by atoms with E-state index >= 15 is 0 Å². The molecule has 2 aromatic rings. The van der Waals surface area contributed by atoms with E-state index in [-0.39, 0.29) is 12.4 Å². The van der Waals surface area contributed by atoms with Crippen LogP contribution in [0.2, 0.25) is 0 Å². The average molecular weight is 284 g/mol. The summed E-state index contributed by atoms with van der Waals surface area (Å²) >= 11 is 0. The van der Waals surface area contributed by atoms with Crippen molar-refractivity contribution in [2.45, 2.75) is 6.54 Å². The van der Waals surface area contributed by atoms with Crippen molar-refractivity contribution in [1.82, 2.24) is 20.5 Å². The predicted molar refractivity (Wildman–Crippen MR) is 63.3 cm³/mol. The summed E-state index contributed by atoms with van der Waals surface area (Å²) in [5.41, 5.74) is -1.09. The second-order valence-corrected chi connectivity index (χ2v) is 3.74. The Labute approximate surface area is 111 Å². The Morgan fingerprint density at radius 2 is 2.10 bits per heavy atom. The molecule has 0 unspecified atom stereocenters. The highest BCUT2D eigenvalue weighted by Crippen LogP contribution is 2.25. The second kappa shape index (κ2) is 5.51. The minimum Gasteiger partial charge on any atom is -0.493 e. The number of amides is 1. The number of hydrogen-bond acceptors (Lipinski definition) is 4. The van der Waals surface area contributed by atoms with Gasteiger partial charge in [-0.05, 0) is 12.1 Å². The first-order chi connectivity index (χ1) is 9.52. The lowest BCUT2D eigenvalue weighted by atomic mass is 10.1. The maximum absolute atomic E-state index is 13.6. The molecule has 9 heteroatoms. The molecule has 1 aromatic carbocycles. The lowest BCUT2D eigenvalue weighted by Gasteiger charge is -2.10. The fourth-order valence-corrected chi connectivity index (χ4v) is 1.59. The zero-order valence-corrected chi connectivity index (χ0v) is 10.3. The van der Waals surface area contributed by atoms with E-state index in [9.17, 15) is 18.4 Å². The van der Waals surface area contributed by atoms with Crippen molar-refractivity contribution >= 4 is 5.91 Å². The van der Waals surface area contributed by atoms with Crippen LogP contribution in [0.15, 0.2) is 16.9 Å². The third-order valence-corrected chi connectivity index (χ3v) is 2.46. The topological polar surface area (TPSA) is 99.9 Å². The quantitative estimate of drug-likeness (QED) is 0.752. The van der Waals surface area contributed by atoms with E-state index in [2.05, 4.69) is 25.2 Å². The first-order valence-corrected chi connectivity index (χ1v) is 5.46. The van der Waals surface area contributed by atoms with Gasteiger partial charge in [0.25, 0.3) is 5.91 Å². The summed E-state index contributed by atoms with van der Waals surface area (Å²) in [6.07, 6.45) is 0. The van der Waals surface area contributed by atoms with Crippen LogP contribution in [0.1, 0.15) is 16.2 Å². The number of methoxy groups -OCH3 is 1. The molecule has 3 N–H and O–H groups in total. The van der Waals surface area contributed by atoms with Crippen LogP contribution in [0.3, 0.4) is 0 Å². The smallest absolute Gasteiger partial charge is 0.340 e. The number of nitrogens with one attached hydrogen (secondary N) is 3. The Morgan fingerprint density at radius 1 is 1.40 bits per heavy atom. The molecule has 0 bridgehead atoms. The van der Waals surface area contributed by atoms with Crippen LogP contribution in [0, 0.1) is 11.6 Å². The largest absolute Gasteiger partial charge is 0.493 e. The molecule has 0 aliphatic carbocycles. The van der Waals surface area contributed by atoms with Crippen molar-refractivity contribution in [2.24, 2.45) is 0 Å². The van der Waals surface area contributed by atoms with Gasteiger partial charge in [-0.2, -0.15) is 5.10 Å². The van der Waals surface area contributed by atoms with E-state index in [0.717, 1.165) is 19.2 Å². The molecule has 0 aliphatic heterocycles. The number of carbonyl (C=O) groups is 1. The summed E-state index contributed by atoms with van der Waals surface area (Å²) in [5.74, 6) is -3.00. The molecule has 1 amide bonds. The number of aromatic amines is 2. The number of benzene rings is 1. The highest BCUT2D eigenvalue weighted by atomic mass is 19.1. The number of nitrogens with zero attached hydrogens (tertiary/aromatic N) is 1. The van der Waals surface area contributed by atoms with Gasteiger partial charge in [0, 0.05) is 0 Å². The summed E-state index contributed by atoms with van der Waals surface area (Å²) in [6.45, 7) is -0.156. The van der Waals surface area contributed by atoms with Gasteiger partial charge in [-0.25, -0.2) is 18.7 Å². The summed E-state index contributed by atoms with van der Waals surface area (Å²) in [5, 5.41) is 7.95. The molecule has 0 radical (unpaired) electrons. The van der Waals surface area contributed by atoms with Gasteiger partial charge >= 0.3 is 5.69 Å². The molecule has 0 aliphatic rings. The highest BCUT2D eigenvalue weighted by molar-refractivity contribution is 5.97. The van der Waals surface area contributed by atoms with Crippen molar-refractivity contribution in [3.05, 3.63) is 45.6 Å². The Bertz CT molecular complexity index is 695. The minimum absolute atomic E-state index is 0.152. The van der Waals surface area contributed by atoms with Crippen molar-refractivity contribution in [3.63, 3.8) is 0 Å². The van der Waals surface area contributed by atoms with E-state index in [1.807, 2.05) is 0 Å². The molecule has 0 saturated heterocycles. The zero-order valence-electron chi connectivity index (χ0n) is 10.3. The zero-order chi connectivity index (χ0) is 14.7. The van der Waals surface area contributed by atoms with Crippen molar-refractivity contribution in [3.8, 4) is 5.75 Å². The van der Waals surface area contributed by atoms with Crippen LogP contribution in [-0.2, 0) is 6.54 Å². The van der Waals surface area contributed by atoms with E-state index in [0.29, 0.717) is 0 Å². The number of rotatable bonds is 4. The van der Waals surface area contributed by atoms with Crippen LogP contribution in [0.25, 0.3) is 0 Å². The average Bonchev–Trinajstić information content (AvgIpc) is 2.84. The third kappa shape index (κ3) is 2.66. The first-order valence-electron chi connectivity index (χ1n) is 5.46. The van der Waals surface area contributed by atoms with Crippen molar-refractivity contribution < 1.29 is 18.3 Å². The molecule has 7 nitrogen and oxygen atoms in total. The number of H-pyrrole nitrogens is 2. The van der Waals surface area contributed by atoms with Gasteiger partial charge in [0.2, 0.25) is 0 Å². The fraction of sp³-hybridized carbons (Fsp3) is 0.182. The molecule has 0 fully saturated rings. The number of hydrogen-bond donors (Lipinski definition) is 3. The number of halogens is 2. The lowest BCUT2D eigenvalue weighted by molar-refractivity contribution is 0.0941. The molecule has 20 heavy (non-hydrogen) atoms. The summed E-state index contributed by atoms with van der Waals surface area (Å²) < 4.78 is 31.7. The van der Waals surface area contributed by atoms with Gasteiger partial charge in [0.05, 0.1) is 13.7 Å². The minimum atomic E-state index is -0.920. The van der Waals surface area contributed by atoms with E-state index in [1.165, 1.54) is 0 Å². The Kier molecular flexibility index (Phi) is 3.78. The molecule has 0 spiro atoms. The van der Waals surface area contributed by atoms with Crippen LogP contribution in [-0.4, -0.2) is 28.2 Å². The van der Waals surface area contributed by atoms with Gasteiger partial charge in [-0.15, -0.1) is 0 Å². The number of aromatic nitrogens is 3. The van der Waals surface area contributed by atoms with Crippen LogP contribution in [0.5, 0.6) is 5.75 Å². The van der Waals surface area contributed by atoms with Gasteiger partial charge in [0.15, 0.2) is 11.6 Å². The SMILES string of the molecule is COc1c(F)ccc(F)c1C(=O)NCc1n[nH]c(=O)[nH]1. The van der Waals surface area contributed by atoms with Crippen molar-refractivity contribution in [1.29, 1.82) is 0 Å². The van der Waals surface area contributed by atoms with Crippen LogP contribution in [0.4, 0.5) is 8.78 Å². The van der Waals surface area contributed by atoms with Gasteiger partial charge < -0.3 is 10.1 Å². The van der Waals surface area contributed by atoms with Gasteiger partial charge in [-0.3, -0.25) is 9.78 Å². The molecular weight excluding hydrogens is 274 g/mol. The molecule has 1 aromatic heterocycles. The normalized spacial score (nSPS) is 10.3. The van der Waals surface area contributed by atoms with E-state index < -0.39 is 34.5 Å². The van der Waals surface area contributed by atoms with E-state index in [4.69, 9.17) is 0 Å². The molecular formula is C11H10F2N4O3. The predicted octanol–water partition coefficient (Wildman–Crippen LogP) is 0.315. The lowest BCUT2D eigenvalue weighted by Crippen LogP contribution is -2.25. The Morgan fingerprint density at radius 3 is 2.70 bits per heavy atom. The molecule has 106 valence electrons. The number of carbonyl (C=O) groups excluding carboxylic acids is 1. The highest BCUT2D eigenvalue weighted by Gasteiger charge is 2.21. The first kappa shape index (κ1) is 13.7. The summed E-state index contributed by atoms with van der Waals surface area (Å²) in [7, 11) is 1.12. The second-order valence-electron chi connectivity index (χ2n) is 3.74. The maximum atomic E-state index is 13.6. The maximum Gasteiger partial charge on any atom is 0.340 e. The van der Waals surface area contributed by atoms with Crippen LogP contribution >= 0.6 is 0 Å². The van der Waals surface area contributed by atoms with Gasteiger partial charge in [0.1, 0.15) is 17.2 Å². The summed E-state index contributed by atoms with van der Waals surface area (Å²) in [4.78, 5) is 24.9. The van der Waals surface area contributed by atoms with Crippen LogP contribution < -0.4 is 15.7 Å². The molecule has 0 atom stereocenters. The summed E-state index contributed by atoms with van der Waals surface area (Å²) in [6, 6.07) is 1.68. The molecule has 0 saturated carbocycles. The molecule has 2 rings (SSSR count). The van der Waals surface area contributed by atoms with E-state index in [1.54, 1.807) is 0 Å². The van der Waals surface area contributed by atoms with Crippen molar-refractivity contribution in [2.75, 3.05) is 7.11 Å². The Hall–Kier alpha value is -2.71. The Balaban J connectivity index is 2.21.